The topological polar surface area (TPSA) is 104 Å². The van der Waals surface area contributed by atoms with Crippen molar-refractivity contribution in [2.24, 2.45) is 17.8 Å². The largest absolute Gasteiger partial charge is 0.390 e. The van der Waals surface area contributed by atoms with Gasteiger partial charge in [-0.3, -0.25) is 9.59 Å². The van der Waals surface area contributed by atoms with Crippen LogP contribution < -0.4 is 5.32 Å². The van der Waals surface area contributed by atoms with Gasteiger partial charge in [0.15, 0.2) is 0 Å². The fourth-order valence-corrected chi connectivity index (χ4v) is 5.05. The average Bonchev–Trinajstić information content (AvgIpc) is 3.49. The monoisotopic (exact) mass is 397 g/mol. The second kappa shape index (κ2) is 8.08. The summed E-state index contributed by atoms with van der Waals surface area (Å²) in [7, 11) is 0. The molecule has 1 amide bonds. The van der Waals surface area contributed by atoms with E-state index in [4.69, 9.17) is 0 Å². The lowest BCUT2D eigenvalue weighted by Crippen LogP contribution is -2.47. The molecule has 154 valence electrons. The number of hydrogen-bond acceptors (Lipinski definition) is 5. The summed E-state index contributed by atoms with van der Waals surface area (Å²) >= 11 is 0. The molecule has 7 heteroatoms. The third-order valence-corrected chi connectivity index (χ3v) is 6.63. The Bertz CT molecular complexity index is 845. The van der Waals surface area contributed by atoms with E-state index in [1.54, 1.807) is 17.8 Å². The molecule has 0 aliphatic heterocycles. The van der Waals surface area contributed by atoms with Crippen LogP contribution in [0, 0.1) is 17.8 Å². The summed E-state index contributed by atoms with van der Waals surface area (Å²) in [6, 6.07) is 8.88. The fraction of sp³-hybridized carbons (Fsp3) is 0.500. The van der Waals surface area contributed by atoms with Gasteiger partial charge in [0.1, 0.15) is 6.10 Å². The summed E-state index contributed by atoms with van der Waals surface area (Å²) in [5, 5.41) is 27.7. The maximum atomic E-state index is 12.4. The molecule has 1 unspecified atom stereocenters. The molecule has 2 saturated carbocycles. The zero-order valence-electron chi connectivity index (χ0n) is 16.4. The minimum atomic E-state index is -1.67. The number of nitrogens with one attached hydrogen (secondary N) is 1. The predicted octanol–water partition coefficient (Wildman–Crippen LogP) is 1.78. The third-order valence-electron chi connectivity index (χ3n) is 6.63. The van der Waals surface area contributed by atoms with Gasteiger partial charge < -0.3 is 15.5 Å². The molecule has 0 saturated heterocycles. The number of rotatable bonds is 7. The van der Waals surface area contributed by atoms with Crippen molar-refractivity contribution in [3.63, 3.8) is 0 Å². The molecule has 2 aliphatic carbocycles. The second-order valence-electron chi connectivity index (χ2n) is 8.29. The number of aromatic nitrogens is 2. The summed E-state index contributed by atoms with van der Waals surface area (Å²) in [4.78, 5) is 24.8. The van der Waals surface area contributed by atoms with Crippen LogP contribution >= 0.6 is 0 Å². The van der Waals surface area contributed by atoms with Crippen molar-refractivity contribution in [2.75, 3.05) is 0 Å². The Hall–Kier alpha value is -2.51. The van der Waals surface area contributed by atoms with Crippen LogP contribution in [0.15, 0.2) is 42.7 Å². The first-order valence-electron chi connectivity index (χ1n) is 10.3. The Labute approximate surface area is 169 Å². The van der Waals surface area contributed by atoms with Crippen molar-refractivity contribution in [3.8, 4) is 5.69 Å². The van der Waals surface area contributed by atoms with Gasteiger partial charge in [-0.05, 0) is 74.1 Å². The van der Waals surface area contributed by atoms with E-state index in [2.05, 4.69) is 10.4 Å². The first kappa shape index (κ1) is 19.8. The number of carbonyl (C=O) groups is 2. The molecule has 1 aromatic heterocycles. The van der Waals surface area contributed by atoms with Gasteiger partial charge in [0, 0.05) is 12.4 Å². The molecule has 2 fully saturated rings. The zero-order valence-corrected chi connectivity index (χ0v) is 16.4. The first-order valence-corrected chi connectivity index (χ1v) is 10.3. The van der Waals surface area contributed by atoms with E-state index in [0.29, 0.717) is 11.8 Å². The number of carbonyl (C=O) groups excluding carboxylic acids is 2. The van der Waals surface area contributed by atoms with Gasteiger partial charge in [0.2, 0.25) is 0 Å². The number of nitrogens with zero attached hydrogens (tertiary/aromatic N) is 2. The minimum Gasteiger partial charge on any atom is -0.390 e. The Morgan fingerprint density at radius 3 is 2.28 bits per heavy atom. The average molecular weight is 397 g/mol. The van der Waals surface area contributed by atoms with E-state index in [1.807, 2.05) is 36.5 Å². The van der Waals surface area contributed by atoms with Crippen molar-refractivity contribution in [1.29, 1.82) is 0 Å². The highest BCUT2D eigenvalue weighted by molar-refractivity contribution is 6.38. The number of aliphatic hydroxyl groups excluding tert-OH is 2. The van der Waals surface area contributed by atoms with E-state index in [0.717, 1.165) is 36.9 Å². The van der Waals surface area contributed by atoms with Crippen LogP contribution in [-0.4, -0.2) is 43.9 Å². The predicted molar refractivity (Wildman–Crippen MR) is 106 cm³/mol. The molecule has 29 heavy (non-hydrogen) atoms. The highest BCUT2D eigenvalue weighted by Crippen LogP contribution is 2.51. The molecule has 0 spiro atoms. The Kier molecular flexibility index (Phi) is 5.52. The molecular weight excluding hydrogens is 370 g/mol. The molecule has 2 aromatic rings. The van der Waals surface area contributed by atoms with Crippen LogP contribution in [0.25, 0.3) is 5.69 Å². The number of ketones is 1. The van der Waals surface area contributed by atoms with E-state index in [9.17, 15) is 19.8 Å². The van der Waals surface area contributed by atoms with Crippen molar-refractivity contribution in [2.45, 2.75) is 50.9 Å². The summed E-state index contributed by atoms with van der Waals surface area (Å²) in [6.45, 7) is 1.77. The minimum absolute atomic E-state index is 0.0750. The number of amides is 1. The number of aliphatic hydroxyl groups is 2. The van der Waals surface area contributed by atoms with E-state index in [1.165, 1.54) is 0 Å². The van der Waals surface area contributed by atoms with Crippen LogP contribution in [-0.2, 0) is 9.59 Å². The zero-order chi connectivity index (χ0) is 20.5. The highest BCUT2D eigenvalue weighted by Gasteiger charge is 2.48. The Morgan fingerprint density at radius 1 is 1.10 bits per heavy atom. The SMILES string of the molecule is C[C@@H](NC(=O)C(=O)[C@@H](O)C(O)C1C2CCC1CC2)c1ccc(-n2cccn2)cc1. The lowest BCUT2D eigenvalue weighted by atomic mass is 9.87. The molecule has 2 aliphatic rings. The fourth-order valence-electron chi connectivity index (χ4n) is 5.05. The molecule has 4 rings (SSSR count). The maximum absolute atomic E-state index is 12.4. The van der Waals surface area contributed by atoms with Crippen LogP contribution in [0.4, 0.5) is 0 Å². The summed E-state index contributed by atoms with van der Waals surface area (Å²) in [6.07, 6.45) is 4.82. The summed E-state index contributed by atoms with van der Waals surface area (Å²) in [5.74, 6) is -1.20. The van der Waals surface area contributed by atoms with Crippen LogP contribution in [0.5, 0.6) is 0 Å². The lowest BCUT2D eigenvalue weighted by molar-refractivity contribution is -0.148. The molecule has 1 heterocycles. The first-order chi connectivity index (χ1) is 14.0. The molecular formula is C22H27N3O4. The quantitative estimate of drug-likeness (QED) is 0.618. The van der Waals surface area contributed by atoms with Crippen molar-refractivity contribution >= 4 is 11.7 Å². The van der Waals surface area contributed by atoms with Gasteiger partial charge in [-0.25, -0.2) is 4.68 Å². The number of benzene rings is 1. The number of hydrogen-bond donors (Lipinski definition) is 3. The standard InChI is InChI=1S/C22H27N3O4/c1-13(14-7-9-17(10-8-14)25-12-2-11-23-25)24-22(29)21(28)20(27)19(26)18-15-3-4-16(18)6-5-15/h2,7-13,15-16,18-20,26-27H,3-6H2,1H3,(H,24,29)/t13-,15?,16?,18?,19?,20+/m1/s1. The Balaban J connectivity index is 1.36. The van der Waals surface area contributed by atoms with E-state index >= 15 is 0 Å². The highest BCUT2D eigenvalue weighted by atomic mass is 16.3. The molecule has 3 atom stereocenters. The van der Waals surface area contributed by atoms with Gasteiger partial charge in [-0.2, -0.15) is 5.10 Å². The van der Waals surface area contributed by atoms with Gasteiger partial charge in [0.25, 0.3) is 11.7 Å². The van der Waals surface area contributed by atoms with Crippen molar-refractivity contribution in [1.82, 2.24) is 15.1 Å². The summed E-state index contributed by atoms with van der Waals surface area (Å²) < 4.78 is 1.73. The normalized spacial score (nSPS) is 26.1. The molecule has 3 N–H and O–H groups in total. The van der Waals surface area contributed by atoms with Crippen LogP contribution in [0.1, 0.15) is 44.2 Å². The second-order valence-corrected chi connectivity index (χ2v) is 8.29. The van der Waals surface area contributed by atoms with E-state index in [-0.39, 0.29) is 5.92 Å². The summed E-state index contributed by atoms with van der Waals surface area (Å²) in [5.41, 5.74) is 1.71. The lowest BCUT2D eigenvalue weighted by Gasteiger charge is -2.26. The van der Waals surface area contributed by atoms with Gasteiger partial charge in [-0.1, -0.05) is 12.1 Å². The molecule has 7 nitrogen and oxygen atoms in total. The van der Waals surface area contributed by atoms with Crippen molar-refractivity contribution < 1.29 is 19.8 Å². The molecule has 2 bridgehead atoms. The van der Waals surface area contributed by atoms with Crippen LogP contribution in [0.3, 0.4) is 0 Å². The van der Waals surface area contributed by atoms with Gasteiger partial charge >= 0.3 is 0 Å². The van der Waals surface area contributed by atoms with E-state index < -0.39 is 29.9 Å². The molecule has 1 aromatic carbocycles. The number of fused-ring (bicyclic) bond motifs is 2. The Morgan fingerprint density at radius 2 is 1.72 bits per heavy atom. The smallest absolute Gasteiger partial charge is 0.290 e. The van der Waals surface area contributed by atoms with Crippen LogP contribution in [0.2, 0.25) is 0 Å². The molecule has 0 radical (unpaired) electrons. The number of Topliss-reactive ketones (excluding diaryl/α,β-unsaturated/α-hetero) is 1. The van der Waals surface area contributed by atoms with Crippen molar-refractivity contribution in [3.05, 3.63) is 48.3 Å². The van der Waals surface area contributed by atoms with Gasteiger partial charge in [0.05, 0.1) is 17.8 Å². The maximum Gasteiger partial charge on any atom is 0.290 e. The third kappa shape index (κ3) is 3.84. The van der Waals surface area contributed by atoms with Gasteiger partial charge in [-0.15, -0.1) is 0 Å².